The van der Waals surface area contributed by atoms with E-state index in [4.69, 9.17) is 0 Å². The van der Waals surface area contributed by atoms with Crippen LogP contribution in [0.2, 0.25) is 0 Å². The standard InChI is InChI=1S/C12H14FNO3/c1-3-4-8(2)12(15)10-7-9(14(16)17)5-6-11(10)13/h5-7,12,15H,2-4H2,1H3. The normalized spacial score (nSPS) is 12.2. The lowest BCUT2D eigenvalue weighted by atomic mass is 9.98. The minimum absolute atomic E-state index is 0.0994. The summed E-state index contributed by atoms with van der Waals surface area (Å²) >= 11 is 0. The summed E-state index contributed by atoms with van der Waals surface area (Å²) in [5, 5.41) is 20.4. The highest BCUT2D eigenvalue weighted by Crippen LogP contribution is 2.28. The molecule has 4 nitrogen and oxygen atoms in total. The van der Waals surface area contributed by atoms with Gasteiger partial charge in [0.15, 0.2) is 0 Å². The quantitative estimate of drug-likeness (QED) is 0.487. The van der Waals surface area contributed by atoms with Crippen LogP contribution >= 0.6 is 0 Å². The summed E-state index contributed by atoms with van der Waals surface area (Å²) in [5.41, 5.74) is 0.106. The van der Waals surface area contributed by atoms with E-state index in [9.17, 15) is 19.6 Å². The summed E-state index contributed by atoms with van der Waals surface area (Å²) in [4.78, 5) is 9.93. The second-order valence-corrected chi connectivity index (χ2v) is 3.77. The van der Waals surface area contributed by atoms with Crippen molar-refractivity contribution < 1.29 is 14.4 Å². The topological polar surface area (TPSA) is 63.4 Å². The summed E-state index contributed by atoms with van der Waals surface area (Å²) in [7, 11) is 0. The zero-order valence-corrected chi connectivity index (χ0v) is 9.52. The first-order valence-electron chi connectivity index (χ1n) is 5.27. The molecule has 0 aromatic heterocycles. The minimum Gasteiger partial charge on any atom is -0.384 e. The van der Waals surface area contributed by atoms with Crippen molar-refractivity contribution in [2.45, 2.75) is 25.9 Å². The van der Waals surface area contributed by atoms with E-state index in [0.29, 0.717) is 12.0 Å². The van der Waals surface area contributed by atoms with Crippen LogP contribution < -0.4 is 0 Å². The molecule has 5 heteroatoms. The third kappa shape index (κ3) is 3.10. The number of aliphatic hydroxyl groups excluding tert-OH is 1. The van der Waals surface area contributed by atoms with Gasteiger partial charge in [0.1, 0.15) is 11.9 Å². The summed E-state index contributed by atoms with van der Waals surface area (Å²) in [5.74, 6) is -0.666. The molecule has 1 unspecified atom stereocenters. The van der Waals surface area contributed by atoms with Crippen LogP contribution in [-0.4, -0.2) is 10.0 Å². The van der Waals surface area contributed by atoms with Gasteiger partial charge in [0.25, 0.3) is 5.69 Å². The molecule has 1 rings (SSSR count). The van der Waals surface area contributed by atoms with Gasteiger partial charge in [0.05, 0.1) is 4.92 Å². The third-order valence-electron chi connectivity index (χ3n) is 2.44. The number of nitrogens with zero attached hydrogens (tertiary/aromatic N) is 1. The Kier molecular flexibility index (Phi) is 4.34. The van der Waals surface area contributed by atoms with Gasteiger partial charge in [-0.1, -0.05) is 19.9 Å². The Morgan fingerprint density at radius 3 is 2.82 bits per heavy atom. The Bertz CT molecular complexity index is 445. The maximum Gasteiger partial charge on any atom is 0.270 e. The van der Waals surface area contributed by atoms with Gasteiger partial charge in [-0.3, -0.25) is 10.1 Å². The highest BCUT2D eigenvalue weighted by molar-refractivity contribution is 5.38. The lowest BCUT2D eigenvalue weighted by Crippen LogP contribution is -2.04. The number of hydrogen-bond donors (Lipinski definition) is 1. The van der Waals surface area contributed by atoms with Crippen molar-refractivity contribution in [1.82, 2.24) is 0 Å². The molecule has 1 aromatic rings. The second-order valence-electron chi connectivity index (χ2n) is 3.77. The van der Waals surface area contributed by atoms with E-state index >= 15 is 0 Å². The Hall–Kier alpha value is -1.75. The number of rotatable bonds is 5. The Morgan fingerprint density at radius 2 is 2.29 bits per heavy atom. The molecule has 1 atom stereocenters. The summed E-state index contributed by atoms with van der Waals surface area (Å²) < 4.78 is 13.5. The van der Waals surface area contributed by atoms with Crippen molar-refractivity contribution in [3.05, 3.63) is 51.8 Å². The minimum atomic E-state index is -1.20. The van der Waals surface area contributed by atoms with E-state index in [2.05, 4.69) is 6.58 Å². The molecule has 0 saturated heterocycles. The van der Waals surface area contributed by atoms with Crippen molar-refractivity contribution in [1.29, 1.82) is 0 Å². The predicted molar refractivity (Wildman–Crippen MR) is 62.1 cm³/mol. The smallest absolute Gasteiger partial charge is 0.270 e. The number of aliphatic hydroxyl groups is 1. The van der Waals surface area contributed by atoms with Crippen LogP contribution in [0.1, 0.15) is 31.4 Å². The van der Waals surface area contributed by atoms with Crippen LogP contribution in [-0.2, 0) is 0 Å². The zero-order chi connectivity index (χ0) is 13.0. The van der Waals surface area contributed by atoms with E-state index < -0.39 is 16.8 Å². The average Bonchev–Trinajstić information content (AvgIpc) is 2.28. The molecule has 0 saturated carbocycles. The Labute approximate surface area is 98.5 Å². The molecule has 0 fully saturated rings. The van der Waals surface area contributed by atoms with Gasteiger partial charge in [0, 0.05) is 17.7 Å². The molecule has 0 aliphatic heterocycles. The molecule has 92 valence electrons. The fourth-order valence-electron chi connectivity index (χ4n) is 1.53. The number of non-ortho nitro benzene ring substituents is 1. The van der Waals surface area contributed by atoms with Gasteiger partial charge in [-0.05, 0) is 18.1 Å². The first-order chi connectivity index (χ1) is 7.97. The van der Waals surface area contributed by atoms with Gasteiger partial charge in [-0.15, -0.1) is 0 Å². The van der Waals surface area contributed by atoms with Crippen molar-refractivity contribution in [3.63, 3.8) is 0 Å². The van der Waals surface area contributed by atoms with Crippen molar-refractivity contribution in [3.8, 4) is 0 Å². The molecule has 17 heavy (non-hydrogen) atoms. The SMILES string of the molecule is C=C(CCC)C(O)c1cc([N+](=O)[O-])ccc1F. The van der Waals surface area contributed by atoms with Gasteiger partial charge in [-0.25, -0.2) is 4.39 Å². The molecule has 1 N–H and O–H groups in total. The first-order valence-corrected chi connectivity index (χ1v) is 5.27. The number of hydrogen-bond acceptors (Lipinski definition) is 3. The van der Waals surface area contributed by atoms with Gasteiger partial charge in [-0.2, -0.15) is 0 Å². The highest BCUT2D eigenvalue weighted by Gasteiger charge is 2.19. The van der Waals surface area contributed by atoms with E-state index in [1.54, 1.807) is 0 Å². The van der Waals surface area contributed by atoms with Crippen molar-refractivity contribution >= 4 is 5.69 Å². The fourth-order valence-corrected chi connectivity index (χ4v) is 1.53. The second kappa shape index (κ2) is 5.54. The van der Waals surface area contributed by atoms with Gasteiger partial charge >= 0.3 is 0 Å². The summed E-state index contributed by atoms with van der Waals surface area (Å²) in [6.45, 7) is 5.55. The van der Waals surface area contributed by atoms with Crippen LogP contribution in [0, 0.1) is 15.9 Å². The van der Waals surface area contributed by atoms with E-state index in [0.717, 1.165) is 24.6 Å². The van der Waals surface area contributed by atoms with Crippen molar-refractivity contribution in [2.24, 2.45) is 0 Å². The van der Waals surface area contributed by atoms with Crippen LogP contribution in [0.15, 0.2) is 30.4 Å². The maximum absolute atomic E-state index is 13.5. The first kappa shape index (κ1) is 13.3. The van der Waals surface area contributed by atoms with Crippen molar-refractivity contribution in [2.75, 3.05) is 0 Å². The highest BCUT2D eigenvalue weighted by atomic mass is 19.1. The van der Waals surface area contributed by atoms with Gasteiger partial charge in [0.2, 0.25) is 0 Å². The van der Waals surface area contributed by atoms with E-state index in [1.165, 1.54) is 0 Å². The summed E-state index contributed by atoms with van der Waals surface area (Å²) in [6, 6.07) is 3.09. The maximum atomic E-state index is 13.5. The number of benzene rings is 1. The molecule has 0 radical (unpaired) electrons. The lowest BCUT2D eigenvalue weighted by Gasteiger charge is -2.14. The molecule has 0 aliphatic rings. The van der Waals surface area contributed by atoms with Crippen LogP contribution in [0.5, 0.6) is 0 Å². The molecule has 0 aliphatic carbocycles. The Morgan fingerprint density at radius 1 is 1.65 bits per heavy atom. The van der Waals surface area contributed by atoms with Crippen LogP contribution in [0.25, 0.3) is 0 Å². The molecule has 0 spiro atoms. The molecular formula is C12H14FNO3. The summed E-state index contributed by atoms with van der Waals surface area (Å²) in [6.07, 6.45) is 0.116. The third-order valence-corrected chi connectivity index (χ3v) is 2.44. The largest absolute Gasteiger partial charge is 0.384 e. The van der Waals surface area contributed by atoms with E-state index in [-0.39, 0.29) is 11.3 Å². The van der Waals surface area contributed by atoms with Crippen LogP contribution in [0.3, 0.4) is 0 Å². The molecule has 0 heterocycles. The monoisotopic (exact) mass is 239 g/mol. The zero-order valence-electron chi connectivity index (χ0n) is 9.52. The Balaban J connectivity index is 3.07. The number of nitro benzene ring substituents is 1. The molecule has 1 aromatic carbocycles. The number of halogens is 1. The van der Waals surface area contributed by atoms with Gasteiger partial charge < -0.3 is 5.11 Å². The fraction of sp³-hybridized carbons (Fsp3) is 0.333. The average molecular weight is 239 g/mol. The molecule has 0 bridgehead atoms. The van der Waals surface area contributed by atoms with Crippen LogP contribution in [0.4, 0.5) is 10.1 Å². The molecule has 0 amide bonds. The van der Waals surface area contributed by atoms with E-state index in [1.807, 2.05) is 6.92 Å². The number of nitro groups is 1. The molecular weight excluding hydrogens is 225 g/mol. The lowest BCUT2D eigenvalue weighted by molar-refractivity contribution is -0.385. The predicted octanol–water partition coefficient (Wildman–Crippen LogP) is 3.12.